The van der Waals surface area contributed by atoms with Crippen molar-refractivity contribution in [1.82, 2.24) is 9.80 Å². The molecule has 0 atom stereocenters. The van der Waals surface area contributed by atoms with Crippen LogP contribution in [-0.2, 0) is 9.59 Å². The molecule has 0 saturated carbocycles. The fourth-order valence-electron chi connectivity index (χ4n) is 4.53. The molecule has 6 nitrogen and oxygen atoms in total. The summed E-state index contributed by atoms with van der Waals surface area (Å²) in [5.41, 5.74) is 5.72. The van der Waals surface area contributed by atoms with Crippen LogP contribution in [0.4, 0.5) is 11.4 Å². The van der Waals surface area contributed by atoms with Crippen molar-refractivity contribution in [3.63, 3.8) is 0 Å². The van der Waals surface area contributed by atoms with Gasteiger partial charge in [-0.2, -0.15) is 0 Å². The molecule has 0 radical (unpaired) electrons. The molecular weight excluding hydrogens is 412 g/mol. The van der Waals surface area contributed by atoms with Gasteiger partial charge in [0.1, 0.15) is 5.70 Å². The van der Waals surface area contributed by atoms with E-state index in [-0.39, 0.29) is 17.7 Å². The smallest absolute Gasteiger partial charge is 0.278 e. The Morgan fingerprint density at radius 3 is 2.18 bits per heavy atom. The van der Waals surface area contributed by atoms with Crippen molar-refractivity contribution in [1.29, 1.82) is 0 Å². The number of nitrogens with one attached hydrogen (secondary N) is 1. The second-order valence-electron chi connectivity index (χ2n) is 9.65. The van der Waals surface area contributed by atoms with Gasteiger partial charge in [0.2, 0.25) is 0 Å². The topological polar surface area (TPSA) is 55.9 Å². The van der Waals surface area contributed by atoms with E-state index in [4.69, 9.17) is 0 Å². The largest absolute Gasteiger partial charge is 0.369 e. The zero-order chi connectivity index (χ0) is 23.7. The lowest BCUT2D eigenvalue weighted by Gasteiger charge is -2.34. The Kier molecular flexibility index (Phi) is 6.56. The minimum atomic E-state index is -0.258. The van der Waals surface area contributed by atoms with Gasteiger partial charge < -0.3 is 15.1 Å². The summed E-state index contributed by atoms with van der Waals surface area (Å²) < 4.78 is 0. The average molecular weight is 447 g/mol. The van der Waals surface area contributed by atoms with E-state index in [9.17, 15) is 9.59 Å². The highest BCUT2D eigenvalue weighted by atomic mass is 16.2. The quantitative estimate of drug-likeness (QED) is 0.682. The van der Waals surface area contributed by atoms with Crippen LogP contribution in [0.2, 0.25) is 0 Å². The van der Waals surface area contributed by atoms with Gasteiger partial charge in [0, 0.05) is 44.1 Å². The second kappa shape index (κ2) is 9.40. The summed E-state index contributed by atoms with van der Waals surface area (Å²) in [6.07, 6.45) is 0. The molecular formula is C27H34N4O2. The fraction of sp³-hybridized carbons (Fsp3) is 0.407. The van der Waals surface area contributed by atoms with Crippen LogP contribution in [0.15, 0.2) is 48.2 Å². The van der Waals surface area contributed by atoms with Gasteiger partial charge in [-0.25, -0.2) is 0 Å². The lowest BCUT2D eigenvalue weighted by atomic mass is 9.97. The molecule has 0 bridgehead atoms. The maximum Gasteiger partial charge on any atom is 0.278 e. The molecule has 0 aromatic heterocycles. The van der Waals surface area contributed by atoms with Crippen molar-refractivity contribution in [2.75, 3.05) is 50.0 Å². The molecule has 1 saturated heterocycles. The molecule has 0 spiro atoms. The van der Waals surface area contributed by atoms with E-state index in [0.29, 0.717) is 17.8 Å². The first kappa shape index (κ1) is 23.1. The van der Waals surface area contributed by atoms with Crippen LogP contribution in [0.25, 0.3) is 5.57 Å². The first-order valence-corrected chi connectivity index (χ1v) is 11.7. The predicted octanol–water partition coefficient (Wildman–Crippen LogP) is 3.90. The number of rotatable bonds is 6. The number of amides is 2. The summed E-state index contributed by atoms with van der Waals surface area (Å²) in [7, 11) is 2.15. The Labute approximate surface area is 196 Å². The second-order valence-corrected chi connectivity index (χ2v) is 9.65. The number of piperazine rings is 1. The number of carbonyl (C=O) groups is 2. The molecule has 174 valence electrons. The molecule has 0 aliphatic carbocycles. The normalized spacial score (nSPS) is 17.5. The van der Waals surface area contributed by atoms with Crippen molar-refractivity contribution in [2.45, 2.75) is 27.7 Å². The number of imide groups is 1. The van der Waals surface area contributed by atoms with Crippen molar-refractivity contribution >= 4 is 28.8 Å². The van der Waals surface area contributed by atoms with E-state index < -0.39 is 0 Å². The summed E-state index contributed by atoms with van der Waals surface area (Å²) in [6.45, 7) is 12.5. The third-order valence-electron chi connectivity index (χ3n) is 6.37. The van der Waals surface area contributed by atoms with E-state index in [1.54, 1.807) is 0 Å². The SMILES string of the molecule is Cc1ccc(C2=C(Nc3ccc(N4CCN(C)CC4)cc3)C(=O)N(CC(C)C)C2=O)c(C)c1. The van der Waals surface area contributed by atoms with Gasteiger partial charge in [0.25, 0.3) is 11.8 Å². The number of hydrogen-bond donors (Lipinski definition) is 1. The van der Waals surface area contributed by atoms with E-state index in [0.717, 1.165) is 48.6 Å². The van der Waals surface area contributed by atoms with E-state index >= 15 is 0 Å². The molecule has 2 aromatic carbocycles. The van der Waals surface area contributed by atoms with Crippen LogP contribution in [0, 0.1) is 19.8 Å². The standard InChI is InChI=1S/C27H34N4O2/c1-18(2)17-31-26(32)24(23-11-6-19(3)16-20(23)4)25(27(31)33)28-21-7-9-22(10-8-21)30-14-12-29(5)13-15-30/h6-11,16,18,28H,12-15,17H2,1-5H3. The number of nitrogens with zero attached hydrogens (tertiary/aromatic N) is 3. The number of benzene rings is 2. The Morgan fingerprint density at radius 1 is 0.909 bits per heavy atom. The zero-order valence-electron chi connectivity index (χ0n) is 20.3. The molecule has 2 aromatic rings. The molecule has 1 fully saturated rings. The lowest BCUT2D eigenvalue weighted by molar-refractivity contribution is -0.137. The molecule has 0 unspecified atom stereocenters. The summed E-state index contributed by atoms with van der Waals surface area (Å²) in [4.78, 5) is 32.8. The highest BCUT2D eigenvalue weighted by molar-refractivity contribution is 6.36. The monoisotopic (exact) mass is 446 g/mol. The van der Waals surface area contributed by atoms with Crippen molar-refractivity contribution in [3.8, 4) is 0 Å². The van der Waals surface area contributed by atoms with Crippen molar-refractivity contribution < 1.29 is 9.59 Å². The van der Waals surface area contributed by atoms with Gasteiger partial charge in [0.05, 0.1) is 5.57 Å². The molecule has 2 amide bonds. The number of aryl methyl sites for hydroxylation is 2. The molecule has 33 heavy (non-hydrogen) atoms. The van der Waals surface area contributed by atoms with Crippen LogP contribution >= 0.6 is 0 Å². The van der Waals surface area contributed by atoms with Crippen LogP contribution < -0.4 is 10.2 Å². The highest BCUT2D eigenvalue weighted by Gasteiger charge is 2.39. The highest BCUT2D eigenvalue weighted by Crippen LogP contribution is 2.33. The molecule has 6 heteroatoms. The molecule has 1 N–H and O–H groups in total. The van der Waals surface area contributed by atoms with Crippen LogP contribution in [0.3, 0.4) is 0 Å². The Hall–Kier alpha value is -3.12. The number of hydrogen-bond acceptors (Lipinski definition) is 5. The van der Waals surface area contributed by atoms with Gasteiger partial charge >= 0.3 is 0 Å². The van der Waals surface area contributed by atoms with E-state index in [1.807, 2.05) is 58.0 Å². The third kappa shape index (κ3) is 4.81. The Bertz CT molecular complexity index is 1080. The van der Waals surface area contributed by atoms with Gasteiger partial charge in [-0.05, 0) is 62.2 Å². The van der Waals surface area contributed by atoms with Crippen molar-refractivity contribution in [2.24, 2.45) is 5.92 Å². The number of anilines is 2. The number of likely N-dealkylation sites (N-methyl/N-ethyl adjacent to an activating group) is 1. The fourth-order valence-corrected chi connectivity index (χ4v) is 4.53. The maximum absolute atomic E-state index is 13.4. The Balaban J connectivity index is 1.65. The molecule has 2 heterocycles. The zero-order valence-corrected chi connectivity index (χ0v) is 20.3. The third-order valence-corrected chi connectivity index (χ3v) is 6.37. The van der Waals surface area contributed by atoms with Gasteiger partial charge in [-0.3, -0.25) is 14.5 Å². The van der Waals surface area contributed by atoms with Crippen LogP contribution in [-0.4, -0.2) is 61.4 Å². The summed E-state index contributed by atoms with van der Waals surface area (Å²) in [5.74, 6) is -0.287. The van der Waals surface area contributed by atoms with Gasteiger partial charge in [0.15, 0.2) is 0 Å². The predicted molar refractivity (Wildman–Crippen MR) is 134 cm³/mol. The van der Waals surface area contributed by atoms with Gasteiger partial charge in [-0.1, -0.05) is 37.6 Å². The maximum atomic E-state index is 13.4. The molecule has 2 aliphatic rings. The minimum Gasteiger partial charge on any atom is -0.369 e. The average Bonchev–Trinajstić information content (AvgIpc) is 2.99. The first-order chi connectivity index (χ1) is 15.7. The van der Waals surface area contributed by atoms with E-state index in [1.165, 1.54) is 10.6 Å². The van der Waals surface area contributed by atoms with Crippen LogP contribution in [0.5, 0.6) is 0 Å². The summed E-state index contributed by atoms with van der Waals surface area (Å²) in [5, 5.41) is 3.29. The Morgan fingerprint density at radius 2 is 1.58 bits per heavy atom. The van der Waals surface area contributed by atoms with Crippen molar-refractivity contribution in [3.05, 3.63) is 64.9 Å². The molecule has 2 aliphatic heterocycles. The summed E-state index contributed by atoms with van der Waals surface area (Å²) >= 11 is 0. The number of carbonyl (C=O) groups excluding carboxylic acids is 2. The van der Waals surface area contributed by atoms with Gasteiger partial charge in [-0.15, -0.1) is 0 Å². The van der Waals surface area contributed by atoms with E-state index in [2.05, 4.69) is 34.3 Å². The minimum absolute atomic E-state index is 0.195. The van der Waals surface area contributed by atoms with Crippen LogP contribution in [0.1, 0.15) is 30.5 Å². The summed E-state index contributed by atoms with van der Waals surface area (Å²) in [6, 6.07) is 14.1. The lowest BCUT2D eigenvalue weighted by Crippen LogP contribution is -2.44. The molecule has 4 rings (SSSR count). The first-order valence-electron chi connectivity index (χ1n) is 11.7.